The van der Waals surface area contributed by atoms with Gasteiger partial charge in [-0.2, -0.15) is 0 Å². The number of nitrogens with two attached hydrogens (primary N) is 1. The molecule has 0 radical (unpaired) electrons. The van der Waals surface area contributed by atoms with Crippen LogP contribution in [-0.4, -0.2) is 15.9 Å². The van der Waals surface area contributed by atoms with Gasteiger partial charge in [-0.05, 0) is 35.4 Å². The van der Waals surface area contributed by atoms with Crippen LogP contribution in [0.15, 0.2) is 79.0 Å². The maximum Gasteiger partial charge on any atom is 0.252 e. The summed E-state index contributed by atoms with van der Waals surface area (Å²) in [4.78, 5) is 21.3. The Morgan fingerprint density at radius 2 is 1.78 bits per heavy atom. The summed E-state index contributed by atoms with van der Waals surface area (Å²) in [6.07, 6.45) is 1.88. The molecule has 0 atom stereocenters. The zero-order valence-corrected chi connectivity index (χ0v) is 18.0. The average Bonchev–Trinajstić information content (AvgIpc) is 3.28. The van der Waals surface area contributed by atoms with E-state index in [1.54, 1.807) is 0 Å². The predicted molar refractivity (Wildman–Crippen MR) is 130 cm³/mol. The van der Waals surface area contributed by atoms with Crippen molar-refractivity contribution in [2.75, 3.05) is 0 Å². The zero-order valence-electron chi connectivity index (χ0n) is 17.2. The Morgan fingerprint density at radius 3 is 2.59 bits per heavy atom. The quantitative estimate of drug-likeness (QED) is 0.341. The molecule has 3 aromatic carbocycles. The van der Waals surface area contributed by atoms with Crippen LogP contribution in [0.3, 0.4) is 0 Å². The third-order valence-electron chi connectivity index (χ3n) is 5.60. The molecule has 0 saturated carbocycles. The molecule has 6 heteroatoms. The first-order valence-electron chi connectivity index (χ1n) is 10.4. The van der Waals surface area contributed by atoms with Crippen LogP contribution in [0.25, 0.3) is 33.1 Å². The van der Waals surface area contributed by atoms with Gasteiger partial charge in [-0.25, -0.2) is 4.98 Å². The van der Waals surface area contributed by atoms with Gasteiger partial charge in [-0.1, -0.05) is 60.1 Å². The van der Waals surface area contributed by atoms with E-state index in [9.17, 15) is 4.79 Å². The fourth-order valence-corrected chi connectivity index (χ4v) is 4.19. The molecule has 2 aromatic heterocycles. The summed E-state index contributed by atoms with van der Waals surface area (Å²) < 4.78 is 0. The molecular formula is C26H21ClN4O. The molecule has 5 nitrogen and oxygen atoms in total. The Morgan fingerprint density at radius 1 is 1.00 bits per heavy atom. The van der Waals surface area contributed by atoms with Gasteiger partial charge in [0.1, 0.15) is 0 Å². The topological polar surface area (TPSA) is 83.8 Å². The molecule has 1 amide bonds. The first kappa shape index (κ1) is 20.2. The number of benzene rings is 3. The summed E-state index contributed by atoms with van der Waals surface area (Å²) in [6, 6.07) is 23.1. The number of carbonyl (C=O) groups is 1. The van der Waals surface area contributed by atoms with Crippen molar-refractivity contribution in [3.63, 3.8) is 0 Å². The van der Waals surface area contributed by atoms with Crippen LogP contribution in [0.5, 0.6) is 0 Å². The number of aromatic nitrogens is 2. The number of amides is 1. The molecule has 0 aliphatic rings. The predicted octanol–water partition coefficient (Wildman–Crippen LogP) is 5.43. The number of fused-ring (bicyclic) bond motifs is 2. The number of rotatable bonds is 5. The van der Waals surface area contributed by atoms with Crippen LogP contribution in [-0.2, 0) is 13.1 Å². The summed E-state index contributed by atoms with van der Waals surface area (Å²) in [6.45, 7) is 0.921. The normalized spacial score (nSPS) is 11.2. The molecule has 32 heavy (non-hydrogen) atoms. The van der Waals surface area contributed by atoms with E-state index in [0.717, 1.165) is 38.5 Å². The van der Waals surface area contributed by atoms with Crippen molar-refractivity contribution in [3.05, 3.63) is 101 Å². The highest BCUT2D eigenvalue weighted by molar-refractivity contribution is 6.36. The number of hydrogen-bond donors (Lipinski definition) is 3. The smallest absolute Gasteiger partial charge is 0.252 e. The van der Waals surface area contributed by atoms with E-state index in [0.29, 0.717) is 29.4 Å². The van der Waals surface area contributed by atoms with Crippen molar-refractivity contribution < 1.29 is 4.79 Å². The number of pyridine rings is 1. The van der Waals surface area contributed by atoms with Crippen LogP contribution in [0.4, 0.5) is 0 Å². The van der Waals surface area contributed by atoms with Gasteiger partial charge in [-0.3, -0.25) is 4.79 Å². The monoisotopic (exact) mass is 440 g/mol. The lowest BCUT2D eigenvalue weighted by atomic mass is 10.0. The summed E-state index contributed by atoms with van der Waals surface area (Å²) in [5.74, 6) is -0.154. The minimum Gasteiger partial charge on any atom is -0.360 e. The second-order valence-corrected chi connectivity index (χ2v) is 8.05. The van der Waals surface area contributed by atoms with E-state index in [1.165, 1.54) is 0 Å². The second-order valence-electron chi connectivity index (χ2n) is 7.64. The Labute approximate surface area is 190 Å². The highest BCUT2D eigenvalue weighted by Crippen LogP contribution is 2.34. The van der Waals surface area contributed by atoms with Gasteiger partial charge >= 0.3 is 0 Å². The molecular weight excluding hydrogens is 420 g/mol. The maximum atomic E-state index is 13.2. The third-order valence-corrected chi connectivity index (χ3v) is 5.92. The number of aromatic amines is 1. The van der Waals surface area contributed by atoms with Gasteiger partial charge in [0.15, 0.2) is 0 Å². The van der Waals surface area contributed by atoms with Gasteiger partial charge in [0, 0.05) is 41.1 Å². The summed E-state index contributed by atoms with van der Waals surface area (Å²) in [7, 11) is 0. The Bertz CT molecular complexity index is 1440. The van der Waals surface area contributed by atoms with Crippen molar-refractivity contribution in [1.82, 2.24) is 15.3 Å². The second kappa shape index (κ2) is 8.46. The van der Waals surface area contributed by atoms with E-state index in [4.69, 9.17) is 22.3 Å². The zero-order chi connectivity index (χ0) is 22.1. The van der Waals surface area contributed by atoms with Crippen LogP contribution in [0.2, 0.25) is 5.02 Å². The fraction of sp³-hybridized carbons (Fsp3) is 0.0769. The summed E-state index contributed by atoms with van der Waals surface area (Å²) in [5, 5.41) is 5.37. The lowest BCUT2D eigenvalue weighted by molar-refractivity contribution is 0.0952. The highest BCUT2D eigenvalue weighted by Gasteiger charge is 2.17. The number of nitrogens with zero attached hydrogens (tertiary/aromatic N) is 1. The minimum absolute atomic E-state index is 0.154. The molecule has 5 rings (SSSR count). The lowest BCUT2D eigenvalue weighted by Gasteiger charge is -2.11. The number of halogens is 1. The number of para-hydroxylation sites is 1. The molecule has 0 saturated heterocycles. The molecule has 0 aliphatic carbocycles. The highest BCUT2D eigenvalue weighted by atomic mass is 35.5. The molecule has 0 fully saturated rings. The van der Waals surface area contributed by atoms with Crippen molar-refractivity contribution in [2.45, 2.75) is 13.1 Å². The van der Waals surface area contributed by atoms with Crippen LogP contribution >= 0.6 is 11.6 Å². The molecule has 0 spiro atoms. The van der Waals surface area contributed by atoms with Crippen molar-refractivity contribution in [3.8, 4) is 11.3 Å². The van der Waals surface area contributed by atoms with Gasteiger partial charge in [0.05, 0.1) is 21.8 Å². The molecule has 5 aromatic rings. The standard InChI is InChI=1S/C26H21ClN4O/c27-21-5-3-7-23-25(21)20(15-29-23)24-12-19(18-4-1-2-6-22(18)31-24)26(32)30-14-17-10-8-16(13-28)9-11-17/h1-12,15,29H,13-14,28H2,(H,30,32). The summed E-state index contributed by atoms with van der Waals surface area (Å²) in [5.41, 5.74) is 11.5. The van der Waals surface area contributed by atoms with E-state index in [-0.39, 0.29) is 5.91 Å². The van der Waals surface area contributed by atoms with Crippen LogP contribution in [0.1, 0.15) is 21.5 Å². The van der Waals surface area contributed by atoms with Crippen molar-refractivity contribution in [1.29, 1.82) is 0 Å². The summed E-state index contributed by atoms with van der Waals surface area (Å²) >= 11 is 6.48. The fourth-order valence-electron chi connectivity index (χ4n) is 3.91. The molecule has 0 aliphatic heterocycles. The molecule has 4 N–H and O–H groups in total. The van der Waals surface area contributed by atoms with E-state index in [2.05, 4.69) is 10.3 Å². The Hall–Kier alpha value is -3.67. The number of hydrogen-bond acceptors (Lipinski definition) is 3. The van der Waals surface area contributed by atoms with E-state index >= 15 is 0 Å². The number of H-pyrrole nitrogens is 1. The van der Waals surface area contributed by atoms with Gasteiger partial charge in [0.25, 0.3) is 5.91 Å². The van der Waals surface area contributed by atoms with Gasteiger partial charge < -0.3 is 16.0 Å². The Kier molecular flexibility index (Phi) is 5.35. The Balaban J connectivity index is 1.54. The average molecular weight is 441 g/mol. The first-order chi connectivity index (χ1) is 15.6. The first-order valence-corrected chi connectivity index (χ1v) is 10.7. The largest absolute Gasteiger partial charge is 0.360 e. The molecule has 158 valence electrons. The van der Waals surface area contributed by atoms with Gasteiger partial charge in [-0.15, -0.1) is 0 Å². The lowest BCUT2D eigenvalue weighted by Crippen LogP contribution is -2.23. The number of carbonyl (C=O) groups excluding carboxylic acids is 1. The maximum absolute atomic E-state index is 13.2. The van der Waals surface area contributed by atoms with Crippen molar-refractivity contribution in [2.24, 2.45) is 5.73 Å². The SMILES string of the molecule is NCc1ccc(CNC(=O)c2cc(-c3c[nH]c4cccc(Cl)c34)nc3ccccc23)cc1. The molecule has 0 bridgehead atoms. The minimum atomic E-state index is -0.154. The van der Waals surface area contributed by atoms with E-state index < -0.39 is 0 Å². The van der Waals surface area contributed by atoms with Crippen LogP contribution < -0.4 is 11.1 Å². The number of nitrogens with one attached hydrogen (secondary N) is 2. The molecule has 2 heterocycles. The third kappa shape index (κ3) is 3.73. The van der Waals surface area contributed by atoms with Crippen molar-refractivity contribution >= 4 is 39.3 Å². The van der Waals surface area contributed by atoms with Crippen LogP contribution in [0, 0.1) is 0 Å². The van der Waals surface area contributed by atoms with Gasteiger partial charge in [0.2, 0.25) is 0 Å². The molecule has 0 unspecified atom stereocenters. The van der Waals surface area contributed by atoms with E-state index in [1.807, 2.05) is 79.0 Å².